The van der Waals surface area contributed by atoms with E-state index in [-0.39, 0.29) is 0 Å². The molecule has 12 aromatic rings. The lowest BCUT2D eigenvalue weighted by Crippen LogP contribution is -2.36. The molecule has 1 spiro atoms. The summed E-state index contributed by atoms with van der Waals surface area (Å²) in [5.41, 5.74) is 19.0. The summed E-state index contributed by atoms with van der Waals surface area (Å²) in [5.74, 6) is 0. The van der Waals surface area contributed by atoms with Gasteiger partial charge in [0.2, 0.25) is 0 Å². The van der Waals surface area contributed by atoms with E-state index >= 15 is 0 Å². The normalized spacial score (nSPS) is 14.5. The number of fused-ring (bicyclic) bond motifs is 11. The molecular formula is C65H42N2S. The van der Waals surface area contributed by atoms with Crippen LogP contribution in [0.2, 0.25) is 0 Å². The summed E-state index contributed by atoms with van der Waals surface area (Å²) in [7, 11) is 0. The Balaban J connectivity index is 0.997. The second kappa shape index (κ2) is 15.4. The first-order valence-corrected chi connectivity index (χ1v) is 24.2. The molecule has 0 saturated carbocycles. The van der Waals surface area contributed by atoms with Crippen LogP contribution in [0.4, 0.5) is 17.1 Å². The largest absolute Gasteiger partial charge is 0.310 e. The number of aromatic nitrogens is 1. The van der Waals surface area contributed by atoms with E-state index in [0.717, 1.165) is 22.6 Å². The van der Waals surface area contributed by atoms with E-state index in [4.69, 9.17) is 0 Å². The zero-order chi connectivity index (χ0) is 44.8. The van der Waals surface area contributed by atoms with Gasteiger partial charge in [-0.25, -0.2) is 0 Å². The highest BCUT2D eigenvalue weighted by Gasteiger charge is 2.48. The number of nitrogens with zero attached hydrogens (tertiary/aromatic N) is 2. The maximum absolute atomic E-state index is 2.50. The van der Waals surface area contributed by atoms with Crippen LogP contribution in [0.1, 0.15) is 22.3 Å². The quantitative estimate of drug-likeness (QED) is 0.164. The number of anilines is 3. The van der Waals surface area contributed by atoms with Gasteiger partial charge in [0.25, 0.3) is 0 Å². The number of benzene rings is 11. The van der Waals surface area contributed by atoms with Crippen LogP contribution in [0.5, 0.6) is 0 Å². The maximum Gasteiger partial charge on any atom is 0.0735 e. The Morgan fingerprint density at radius 1 is 0.338 bits per heavy atom. The van der Waals surface area contributed by atoms with Crippen molar-refractivity contribution in [2.24, 2.45) is 0 Å². The topological polar surface area (TPSA) is 8.17 Å². The number of para-hydroxylation sites is 3. The Morgan fingerprint density at radius 2 is 0.882 bits per heavy atom. The summed E-state index contributed by atoms with van der Waals surface area (Å²) in [5, 5.41) is 5.02. The third-order valence-corrected chi connectivity index (χ3v) is 15.6. The smallest absolute Gasteiger partial charge is 0.0735 e. The summed E-state index contributed by atoms with van der Waals surface area (Å²) < 4.78 is 2.50. The fourth-order valence-electron chi connectivity index (χ4n) is 11.7. The van der Waals surface area contributed by atoms with Crippen LogP contribution in [0.25, 0.3) is 71.6 Å². The molecule has 318 valence electrons. The van der Waals surface area contributed by atoms with E-state index in [1.807, 2.05) is 11.8 Å². The third-order valence-electron chi connectivity index (χ3n) is 14.4. The zero-order valence-electron chi connectivity index (χ0n) is 37.1. The molecule has 1 aromatic heterocycles. The molecule has 3 heteroatoms. The molecule has 0 N–H and O–H groups in total. The predicted octanol–water partition coefficient (Wildman–Crippen LogP) is 17.6. The van der Waals surface area contributed by atoms with E-state index < -0.39 is 5.41 Å². The molecule has 1 atom stereocenters. The van der Waals surface area contributed by atoms with Crippen LogP contribution in [-0.4, -0.2) is 4.57 Å². The Kier molecular flexibility index (Phi) is 8.77. The number of rotatable bonds is 6. The van der Waals surface area contributed by atoms with Crippen molar-refractivity contribution >= 4 is 61.4 Å². The van der Waals surface area contributed by atoms with Crippen molar-refractivity contribution in [2.45, 2.75) is 15.2 Å². The highest BCUT2D eigenvalue weighted by Crippen LogP contribution is 2.62. The molecule has 0 radical (unpaired) electrons. The molecule has 0 amide bonds. The second-order valence-corrected chi connectivity index (χ2v) is 19.0. The fraction of sp³-hybridized carbons (Fsp3) is 0.0154. The van der Waals surface area contributed by atoms with Crippen molar-refractivity contribution in [3.63, 3.8) is 0 Å². The van der Waals surface area contributed by atoms with Crippen molar-refractivity contribution in [3.05, 3.63) is 277 Å². The summed E-state index contributed by atoms with van der Waals surface area (Å²) in [6, 6.07) is 94.3. The van der Waals surface area contributed by atoms with Gasteiger partial charge in [-0.05, 0) is 110 Å². The average Bonchev–Trinajstić information content (AvgIpc) is 3.74. The van der Waals surface area contributed by atoms with Crippen molar-refractivity contribution < 1.29 is 0 Å². The third kappa shape index (κ3) is 5.66. The minimum absolute atomic E-state index is 0.507. The van der Waals surface area contributed by atoms with Crippen molar-refractivity contribution in [3.8, 4) is 39.1 Å². The SMILES string of the molecule is c1ccc(-c2cccc(-c3ccccc3)c2-n2c3ccccc3c3cc(N(c4ccccc4)c4ccc5c(c4)Sc4ccccc4C54c5ccccc5-c5cccc6cccc4c56)ccc32)cc1. The van der Waals surface area contributed by atoms with Gasteiger partial charge in [0, 0.05) is 48.8 Å². The van der Waals surface area contributed by atoms with Crippen LogP contribution < -0.4 is 4.90 Å². The zero-order valence-corrected chi connectivity index (χ0v) is 37.9. The molecule has 2 aliphatic rings. The summed E-state index contributed by atoms with van der Waals surface area (Å²) in [6.45, 7) is 0. The van der Waals surface area contributed by atoms with Gasteiger partial charge >= 0.3 is 0 Å². The van der Waals surface area contributed by atoms with Crippen molar-refractivity contribution in [1.29, 1.82) is 0 Å². The highest BCUT2D eigenvalue weighted by molar-refractivity contribution is 7.99. The molecule has 0 saturated heterocycles. The Morgan fingerprint density at radius 3 is 1.66 bits per heavy atom. The molecule has 0 bridgehead atoms. The second-order valence-electron chi connectivity index (χ2n) is 17.9. The highest BCUT2D eigenvalue weighted by atomic mass is 32.2. The Labute approximate surface area is 400 Å². The van der Waals surface area contributed by atoms with E-state index in [1.165, 1.54) is 98.2 Å². The standard InChI is InChI=1S/C65H42N2S/c1-4-19-43(20-5-1)49-29-18-30-50(44-21-6-2-7-22-44)64(49)67-59-35-14-11-28-52(59)54-41-47(38-40-60(54)67)66(46-25-8-3-9-26-46)48-37-39-57-62(42-48)68-61-36-15-13-33-56(61)65(57)55-32-12-10-27-51(55)53-31-16-23-45-24-17-34-58(65)63(45)53/h1-42H. The molecular weight excluding hydrogens is 841 g/mol. The van der Waals surface area contributed by atoms with Gasteiger partial charge in [0.1, 0.15) is 0 Å². The lowest BCUT2D eigenvalue weighted by molar-refractivity contribution is 0.707. The van der Waals surface area contributed by atoms with Crippen LogP contribution in [0, 0.1) is 0 Å². The monoisotopic (exact) mass is 882 g/mol. The molecule has 11 aromatic carbocycles. The minimum atomic E-state index is -0.507. The first-order chi connectivity index (χ1) is 33.8. The first kappa shape index (κ1) is 38.9. The molecule has 68 heavy (non-hydrogen) atoms. The number of hydrogen-bond donors (Lipinski definition) is 0. The molecule has 2 heterocycles. The van der Waals surface area contributed by atoms with E-state index in [9.17, 15) is 0 Å². The summed E-state index contributed by atoms with van der Waals surface area (Å²) in [6.07, 6.45) is 0. The van der Waals surface area contributed by atoms with Gasteiger partial charge in [-0.1, -0.05) is 212 Å². The van der Waals surface area contributed by atoms with E-state index in [2.05, 4.69) is 264 Å². The maximum atomic E-state index is 2.50. The predicted molar refractivity (Wildman–Crippen MR) is 285 cm³/mol. The Bertz CT molecular complexity index is 3890. The van der Waals surface area contributed by atoms with Crippen molar-refractivity contribution in [2.75, 3.05) is 4.90 Å². The summed E-state index contributed by atoms with van der Waals surface area (Å²) >= 11 is 1.89. The van der Waals surface area contributed by atoms with Gasteiger partial charge in [0.05, 0.1) is 22.1 Å². The van der Waals surface area contributed by atoms with Gasteiger partial charge in [-0.15, -0.1) is 0 Å². The summed E-state index contributed by atoms with van der Waals surface area (Å²) in [4.78, 5) is 4.99. The lowest BCUT2D eigenvalue weighted by Gasteiger charge is -2.46. The van der Waals surface area contributed by atoms with Gasteiger partial charge < -0.3 is 9.47 Å². The van der Waals surface area contributed by atoms with Gasteiger partial charge in [0.15, 0.2) is 0 Å². The molecule has 0 fully saturated rings. The lowest BCUT2D eigenvalue weighted by atomic mass is 9.59. The average molecular weight is 883 g/mol. The first-order valence-electron chi connectivity index (χ1n) is 23.4. The van der Waals surface area contributed by atoms with Gasteiger partial charge in [-0.3, -0.25) is 0 Å². The minimum Gasteiger partial charge on any atom is -0.310 e. The molecule has 1 unspecified atom stereocenters. The fourth-order valence-corrected chi connectivity index (χ4v) is 12.9. The number of hydrogen-bond acceptors (Lipinski definition) is 2. The molecule has 14 rings (SSSR count). The van der Waals surface area contributed by atoms with Crippen LogP contribution in [-0.2, 0) is 5.41 Å². The molecule has 1 aliphatic heterocycles. The van der Waals surface area contributed by atoms with E-state index in [0.29, 0.717) is 0 Å². The Hall–Kier alpha value is -8.37. The van der Waals surface area contributed by atoms with Crippen LogP contribution >= 0.6 is 11.8 Å². The van der Waals surface area contributed by atoms with Gasteiger partial charge in [-0.2, -0.15) is 0 Å². The van der Waals surface area contributed by atoms with Crippen molar-refractivity contribution in [1.82, 2.24) is 4.57 Å². The molecule has 1 aliphatic carbocycles. The van der Waals surface area contributed by atoms with Crippen LogP contribution in [0.15, 0.2) is 265 Å². The van der Waals surface area contributed by atoms with E-state index in [1.54, 1.807) is 0 Å². The molecule has 2 nitrogen and oxygen atoms in total. The van der Waals surface area contributed by atoms with Crippen LogP contribution in [0.3, 0.4) is 0 Å².